The molecule has 0 aliphatic heterocycles. The van der Waals surface area contributed by atoms with Crippen LogP contribution in [0.2, 0.25) is 0 Å². The third-order valence-electron chi connectivity index (χ3n) is 12.0. The van der Waals surface area contributed by atoms with Gasteiger partial charge in [0.2, 0.25) is 0 Å². The van der Waals surface area contributed by atoms with Crippen molar-refractivity contribution in [2.24, 2.45) is 0 Å². The van der Waals surface area contributed by atoms with Gasteiger partial charge in [-0.05, 0) is 103 Å². The Morgan fingerprint density at radius 2 is 0.562 bits per heavy atom. The Bertz CT molecular complexity index is 1120. The molecule has 0 amide bonds. The Hall–Kier alpha value is -2.63. The van der Waals surface area contributed by atoms with Crippen molar-refractivity contribution < 1.29 is 28.6 Å². The number of unbranched alkanes of at least 4 members (excludes halogenated alkanes) is 31. The van der Waals surface area contributed by atoms with Crippen LogP contribution in [0.25, 0.3) is 0 Å². The van der Waals surface area contributed by atoms with Crippen LogP contribution < -0.4 is 0 Å². The Morgan fingerprint density at radius 3 is 0.906 bits per heavy atom. The van der Waals surface area contributed by atoms with Crippen LogP contribution in [0.5, 0.6) is 0 Å². The van der Waals surface area contributed by atoms with Gasteiger partial charge in [0.25, 0.3) is 0 Å². The first kappa shape index (κ1) is 61.4. The standard InChI is InChI=1S/C58H104O6/c1-4-7-10-13-16-19-22-25-27-29-31-33-36-39-42-45-48-51-57(60)63-54-55(53-62-56(59)50-47-44-41-38-35-24-21-18-15-12-9-6-3)64-58(61)52-49-46-43-40-37-34-32-30-28-26-23-20-17-14-11-8-5-2/h16,18-19,21,25-28,55H,4-15,17,20,22-24,29-54H2,1-3H3/b19-16-,21-18-,27-25-,28-26-/t55-/m1/s1. The van der Waals surface area contributed by atoms with Crippen molar-refractivity contribution >= 4 is 17.9 Å². The molecule has 0 saturated carbocycles. The van der Waals surface area contributed by atoms with Crippen LogP contribution >= 0.6 is 0 Å². The molecule has 0 N–H and O–H groups in total. The molecule has 0 aliphatic rings. The van der Waals surface area contributed by atoms with Crippen LogP contribution in [0.15, 0.2) is 48.6 Å². The minimum Gasteiger partial charge on any atom is -0.462 e. The summed E-state index contributed by atoms with van der Waals surface area (Å²) in [5.74, 6) is -0.892. The zero-order valence-electron chi connectivity index (χ0n) is 42.6. The van der Waals surface area contributed by atoms with Gasteiger partial charge in [0.1, 0.15) is 13.2 Å². The second-order valence-electron chi connectivity index (χ2n) is 18.5. The number of hydrogen-bond donors (Lipinski definition) is 0. The molecule has 0 aromatic rings. The lowest BCUT2D eigenvalue weighted by Gasteiger charge is -2.18. The van der Waals surface area contributed by atoms with Crippen molar-refractivity contribution in [3.05, 3.63) is 48.6 Å². The Labute approximate surface area is 397 Å². The molecule has 64 heavy (non-hydrogen) atoms. The predicted octanol–water partition coefficient (Wildman–Crippen LogP) is 18.3. The minimum atomic E-state index is -0.780. The zero-order valence-corrected chi connectivity index (χ0v) is 42.6. The highest BCUT2D eigenvalue weighted by Crippen LogP contribution is 2.15. The van der Waals surface area contributed by atoms with Gasteiger partial charge in [-0.1, -0.05) is 211 Å². The summed E-state index contributed by atoms with van der Waals surface area (Å²) >= 11 is 0. The van der Waals surface area contributed by atoms with Gasteiger partial charge in [0, 0.05) is 19.3 Å². The maximum Gasteiger partial charge on any atom is 0.306 e. The molecule has 372 valence electrons. The molecule has 0 aliphatic carbocycles. The lowest BCUT2D eigenvalue weighted by molar-refractivity contribution is -0.167. The molecule has 0 aromatic heterocycles. The fourth-order valence-electron chi connectivity index (χ4n) is 7.81. The molecule has 0 spiro atoms. The van der Waals surface area contributed by atoms with Crippen LogP contribution in [-0.4, -0.2) is 37.2 Å². The van der Waals surface area contributed by atoms with E-state index in [1.54, 1.807) is 0 Å². The molecule has 0 radical (unpaired) electrons. The topological polar surface area (TPSA) is 78.9 Å². The smallest absolute Gasteiger partial charge is 0.306 e. The van der Waals surface area contributed by atoms with E-state index in [1.807, 2.05) is 0 Å². The maximum absolute atomic E-state index is 12.8. The molecular weight excluding hydrogens is 793 g/mol. The summed E-state index contributed by atoms with van der Waals surface area (Å²) in [6.45, 7) is 6.59. The molecule has 0 saturated heterocycles. The number of carbonyl (C=O) groups excluding carboxylic acids is 3. The summed E-state index contributed by atoms with van der Waals surface area (Å²) < 4.78 is 16.8. The van der Waals surface area contributed by atoms with E-state index >= 15 is 0 Å². The van der Waals surface area contributed by atoms with E-state index in [0.29, 0.717) is 19.3 Å². The van der Waals surface area contributed by atoms with Crippen molar-refractivity contribution in [2.45, 2.75) is 290 Å². The summed E-state index contributed by atoms with van der Waals surface area (Å²) in [7, 11) is 0. The average Bonchev–Trinajstić information content (AvgIpc) is 3.29. The van der Waals surface area contributed by atoms with Crippen molar-refractivity contribution in [3.8, 4) is 0 Å². The zero-order chi connectivity index (χ0) is 46.5. The van der Waals surface area contributed by atoms with Crippen LogP contribution in [0.3, 0.4) is 0 Å². The van der Waals surface area contributed by atoms with Gasteiger partial charge in [0.05, 0.1) is 0 Å². The van der Waals surface area contributed by atoms with Crippen molar-refractivity contribution in [1.82, 2.24) is 0 Å². The molecule has 0 bridgehead atoms. The summed E-state index contributed by atoms with van der Waals surface area (Å²) in [6, 6.07) is 0. The fourth-order valence-corrected chi connectivity index (χ4v) is 7.81. The number of esters is 3. The lowest BCUT2D eigenvalue weighted by atomic mass is 10.1. The summed E-state index contributed by atoms with van der Waals surface area (Å²) in [5, 5.41) is 0. The molecule has 0 heterocycles. The Balaban J connectivity index is 4.37. The van der Waals surface area contributed by atoms with Gasteiger partial charge in [-0.25, -0.2) is 0 Å². The SMILES string of the molecule is CCCCC/C=C\C/C=C\CCCCCCCCCC(=O)OC[C@@H](COC(=O)CCCCCCC/C=C\CCCCC)OC(=O)CCCCCCCCC/C=C\CCCCCCCC. The lowest BCUT2D eigenvalue weighted by Crippen LogP contribution is -2.30. The van der Waals surface area contributed by atoms with E-state index in [0.717, 1.165) is 77.0 Å². The van der Waals surface area contributed by atoms with Crippen molar-refractivity contribution in [3.63, 3.8) is 0 Å². The number of allylic oxidation sites excluding steroid dienone is 8. The molecular formula is C58H104O6. The molecule has 0 aromatic carbocycles. The summed E-state index contributed by atoms with van der Waals surface area (Å²) in [5.41, 5.74) is 0. The van der Waals surface area contributed by atoms with E-state index in [1.165, 1.54) is 167 Å². The van der Waals surface area contributed by atoms with E-state index in [-0.39, 0.29) is 31.1 Å². The van der Waals surface area contributed by atoms with Crippen LogP contribution in [0.1, 0.15) is 284 Å². The molecule has 6 nitrogen and oxygen atoms in total. The fraction of sp³-hybridized carbons (Fsp3) is 0.810. The van der Waals surface area contributed by atoms with Gasteiger partial charge >= 0.3 is 17.9 Å². The highest BCUT2D eigenvalue weighted by atomic mass is 16.6. The number of hydrogen-bond acceptors (Lipinski definition) is 6. The second kappa shape index (κ2) is 53.0. The number of ether oxygens (including phenoxy) is 3. The highest BCUT2D eigenvalue weighted by molar-refractivity contribution is 5.71. The van der Waals surface area contributed by atoms with E-state index in [2.05, 4.69) is 69.4 Å². The molecule has 0 rings (SSSR count). The Morgan fingerprint density at radius 1 is 0.312 bits per heavy atom. The predicted molar refractivity (Wildman–Crippen MR) is 275 cm³/mol. The first-order chi connectivity index (χ1) is 31.5. The van der Waals surface area contributed by atoms with Crippen LogP contribution in [0, 0.1) is 0 Å². The van der Waals surface area contributed by atoms with Gasteiger partial charge in [0.15, 0.2) is 6.10 Å². The normalized spacial score (nSPS) is 12.4. The molecule has 1 atom stereocenters. The quantitative estimate of drug-likeness (QED) is 0.0262. The summed E-state index contributed by atoms with van der Waals surface area (Å²) in [4.78, 5) is 38.1. The maximum atomic E-state index is 12.8. The number of rotatable bonds is 50. The largest absolute Gasteiger partial charge is 0.462 e. The molecule has 0 fully saturated rings. The minimum absolute atomic E-state index is 0.0805. The van der Waals surface area contributed by atoms with E-state index in [4.69, 9.17) is 14.2 Å². The van der Waals surface area contributed by atoms with Gasteiger partial charge in [-0.3, -0.25) is 14.4 Å². The van der Waals surface area contributed by atoms with Gasteiger partial charge in [-0.2, -0.15) is 0 Å². The van der Waals surface area contributed by atoms with Crippen molar-refractivity contribution in [2.75, 3.05) is 13.2 Å². The number of carbonyl (C=O) groups is 3. The van der Waals surface area contributed by atoms with Crippen LogP contribution in [-0.2, 0) is 28.6 Å². The van der Waals surface area contributed by atoms with E-state index in [9.17, 15) is 14.4 Å². The third-order valence-corrected chi connectivity index (χ3v) is 12.0. The third kappa shape index (κ3) is 50.4. The highest BCUT2D eigenvalue weighted by Gasteiger charge is 2.19. The van der Waals surface area contributed by atoms with Crippen molar-refractivity contribution in [1.29, 1.82) is 0 Å². The van der Waals surface area contributed by atoms with Crippen LogP contribution in [0.4, 0.5) is 0 Å². The Kier molecular flexibility index (Phi) is 50.8. The van der Waals surface area contributed by atoms with Gasteiger partial charge < -0.3 is 14.2 Å². The summed E-state index contributed by atoms with van der Waals surface area (Å²) in [6.07, 6.45) is 63.8. The molecule has 6 heteroatoms. The van der Waals surface area contributed by atoms with Gasteiger partial charge in [-0.15, -0.1) is 0 Å². The monoisotopic (exact) mass is 897 g/mol. The average molecular weight is 897 g/mol. The molecule has 0 unspecified atom stereocenters. The first-order valence-corrected chi connectivity index (χ1v) is 27.6. The second-order valence-corrected chi connectivity index (χ2v) is 18.5. The van der Waals surface area contributed by atoms with E-state index < -0.39 is 6.10 Å². The first-order valence-electron chi connectivity index (χ1n) is 27.6.